The first kappa shape index (κ1) is 18.7. The molecule has 0 radical (unpaired) electrons. The normalized spacial score (nSPS) is 10.2. The van der Waals surface area contributed by atoms with E-state index in [1.807, 2.05) is 30.3 Å². The Kier molecular flexibility index (Phi) is 6.95. The molecule has 2 N–H and O–H groups in total. The number of anilines is 1. The second-order valence-corrected chi connectivity index (χ2v) is 5.38. The van der Waals surface area contributed by atoms with E-state index in [4.69, 9.17) is 10.00 Å². The Morgan fingerprint density at radius 2 is 2.00 bits per heavy atom. The third-order valence-electron chi connectivity index (χ3n) is 3.47. The number of rotatable bonds is 7. The first-order chi connectivity index (χ1) is 12.6. The third-order valence-corrected chi connectivity index (χ3v) is 3.47. The third kappa shape index (κ3) is 5.80. The molecule has 0 atom stereocenters. The van der Waals surface area contributed by atoms with Crippen molar-refractivity contribution in [2.45, 2.75) is 13.0 Å². The van der Waals surface area contributed by atoms with Crippen LogP contribution in [0.25, 0.3) is 6.08 Å². The van der Waals surface area contributed by atoms with Crippen LogP contribution in [0.1, 0.15) is 17.5 Å². The first-order valence-electron chi connectivity index (χ1n) is 7.97. The van der Waals surface area contributed by atoms with E-state index in [0.29, 0.717) is 18.0 Å². The Morgan fingerprint density at radius 1 is 1.19 bits per heavy atom. The summed E-state index contributed by atoms with van der Waals surface area (Å²) in [7, 11) is 1.58. The highest BCUT2D eigenvalue weighted by Crippen LogP contribution is 2.18. The number of nitrogens with one attached hydrogen (secondary N) is 2. The Bertz CT molecular complexity index is 853. The fraction of sp³-hybridized carbons (Fsp3) is 0.150. The van der Waals surface area contributed by atoms with E-state index in [1.54, 1.807) is 37.5 Å². The monoisotopic (exact) mass is 349 g/mol. The highest BCUT2D eigenvalue weighted by molar-refractivity contribution is 5.93. The van der Waals surface area contributed by atoms with Crippen molar-refractivity contribution in [1.29, 1.82) is 5.26 Å². The summed E-state index contributed by atoms with van der Waals surface area (Å²) in [5.41, 5.74) is 2.23. The molecule has 0 heterocycles. The molecule has 0 unspecified atom stereocenters. The van der Waals surface area contributed by atoms with Gasteiger partial charge < -0.3 is 15.4 Å². The maximum absolute atomic E-state index is 12.0. The van der Waals surface area contributed by atoms with Gasteiger partial charge in [0.15, 0.2) is 0 Å². The van der Waals surface area contributed by atoms with Gasteiger partial charge in [0.05, 0.1) is 13.2 Å². The molecule has 132 valence electrons. The number of hydrogen-bond acceptors (Lipinski definition) is 4. The lowest BCUT2D eigenvalue weighted by molar-refractivity contribution is -0.117. The van der Waals surface area contributed by atoms with Gasteiger partial charge in [0.25, 0.3) is 0 Å². The van der Waals surface area contributed by atoms with E-state index in [-0.39, 0.29) is 18.2 Å². The lowest BCUT2D eigenvalue weighted by atomic mass is 10.2. The van der Waals surface area contributed by atoms with Crippen LogP contribution < -0.4 is 15.4 Å². The summed E-state index contributed by atoms with van der Waals surface area (Å²) in [4.78, 5) is 23.4. The molecule has 6 nitrogen and oxygen atoms in total. The van der Waals surface area contributed by atoms with Crippen molar-refractivity contribution in [2.75, 3.05) is 12.4 Å². The zero-order valence-corrected chi connectivity index (χ0v) is 14.4. The van der Waals surface area contributed by atoms with Gasteiger partial charge in [-0.2, -0.15) is 5.26 Å². The predicted octanol–water partition coefficient (Wildman–Crippen LogP) is 2.88. The molecular weight excluding hydrogens is 330 g/mol. The molecule has 0 aliphatic heterocycles. The quantitative estimate of drug-likeness (QED) is 0.752. The van der Waals surface area contributed by atoms with Crippen LogP contribution in [-0.4, -0.2) is 18.9 Å². The van der Waals surface area contributed by atoms with Crippen LogP contribution in [0.15, 0.2) is 54.6 Å². The second kappa shape index (κ2) is 9.64. The van der Waals surface area contributed by atoms with E-state index in [1.165, 1.54) is 6.08 Å². The molecule has 2 aromatic carbocycles. The summed E-state index contributed by atoms with van der Waals surface area (Å²) in [6.45, 7) is 0.317. The second-order valence-electron chi connectivity index (χ2n) is 5.38. The van der Waals surface area contributed by atoms with Crippen molar-refractivity contribution in [3.63, 3.8) is 0 Å². The minimum absolute atomic E-state index is 0.200. The number of carbonyl (C=O) groups is 2. The van der Waals surface area contributed by atoms with E-state index in [0.717, 1.165) is 11.1 Å². The number of hydrogen-bond donors (Lipinski definition) is 2. The van der Waals surface area contributed by atoms with E-state index < -0.39 is 0 Å². The van der Waals surface area contributed by atoms with E-state index in [2.05, 4.69) is 10.6 Å². The molecule has 0 saturated carbocycles. The van der Waals surface area contributed by atoms with Crippen molar-refractivity contribution < 1.29 is 14.3 Å². The summed E-state index contributed by atoms with van der Waals surface area (Å²) in [5, 5.41) is 13.9. The Morgan fingerprint density at radius 3 is 2.77 bits per heavy atom. The topological polar surface area (TPSA) is 91.2 Å². The molecule has 2 amide bonds. The van der Waals surface area contributed by atoms with Crippen LogP contribution in [0.2, 0.25) is 0 Å². The number of methoxy groups -OCH3 is 1. The van der Waals surface area contributed by atoms with Gasteiger partial charge >= 0.3 is 0 Å². The van der Waals surface area contributed by atoms with Crippen molar-refractivity contribution >= 4 is 23.6 Å². The van der Waals surface area contributed by atoms with Crippen molar-refractivity contribution in [2.24, 2.45) is 0 Å². The predicted molar refractivity (Wildman–Crippen MR) is 99.2 cm³/mol. The van der Waals surface area contributed by atoms with E-state index >= 15 is 0 Å². The van der Waals surface area contributed by atoms with Crippen molar-refractivity contribution in [3.05, 3.63) is 65.7 Å². The van der Waals surface area contributed by atoms with Gasteiger partial charge in [0, 0.05) is 23.9 Å². The molecular formula is C20H19N3O3. The number of amides is 2. The van der Waals surface area contributed by atoms with Gasteiger partial charge in [-0.3, -0.25) is 9.59 Å². The van der Waals surface area contributed by atoms with E-state index in [9.17, 15) is 9.59 Å². The van der Waals surface area contributed by atoms with Crippen LogP contribution in [-0.2, 0) is 16.1 Å². The maximum atomic E-state index is 12.0. The lowest BCUT2D eigenvalue weighted by Crippen LogP contribution is -2.20. The zero-order chi connectivity index (χ0) is 18.8. The summed E-state index contributed by atoms with van der Waals surface area (Å²) in [6.07, 6.45) is 2.93. The van der Waals surface area contributed by atoms with Crippen LogP contribution >= 0.6 is 0 Å². The largest absolute Gasteiger partial charge is 0.496 e. The average Bonchev–Trinajstić information content (AvgIpc) is 2.65. The Labute approximate surface area is 152 Å². The average molecular weight is 349 g/mol. The first-order valence-corrected chi connectivity index (χ1v) is 7.97. The molecule has 0 spiro atoms. The summed E-state index contributed by atoms with van der Waals surface area (Å²) in [6, 6.07) is 16.3. The van der Waals surface area contributed by atoms with Gasteiger partial charge in [0.2, 0.25) is 11.8 Å². The highest BCUT2D eigenvalue weighted by atomic mass is 16.5. The fourth-order valence-corrected chi connectivity index (χ4v) is 2.25. The van der Waals surface area contributed by atoms with Gasteiger partial charge in [0.1, 0.15) is 12.2 Å². The molecule has 0 saturated heterocycles. The molecule has 0 aromatic heterocycles. The van der Waals surface area contributed by atoms with Crippen LogP contribution in [0, 0.1) is 11.3 Å². The van der Waals surface area contributed by atoms with Gasteiger partial charge in [-0.05, 0) is 29.8 Å². The fourth-order valence-electron chi connectivity index (χ4n) is 2.25. The molecule has 0 fully saturated rings. The summed E-state index contributed by atoms with van der Waals surface area (Å²) < 4.78 is 5.23. The maximum Gasteiger partial charge on any atom is 0.244 e. The molecule has 26 heavy (non-hydrogen) atoms. The van der Waals surface area contributed by atoms with Crippen molar-refractivity contribution in [1.82, 2.24) is 5.32 Å². The van der Waals surface area contributed by atoms with Crippen LogP contribution in [0.4, 0.5) is 5.69 Å². The molecule has 6 heteroatoms. The molecule has 2 aromatic rings. The Balaban J connectivity index is 1.92. The Hall–Kier alpha value is -3.59. The van der Waals surface area contributed by atoms with Gasteiger partial charge in [-0.1, -0.05) is 30.3 Å². The standard InChI is InChI=1S/C20H19N3O3/c1-26-18-8-3-2-6-16(18)9-10-19(24)22-14-15-5-4-7-17(13-15)23-20(25)11-12-21/h2-10,13H,11,14H2,1H3,(H,22,24)(H,23,25)/b10-9+. The number of benzene rings is 2. The molecule has 0 aliphatic rings. The minimum Gasteiger partial charge on any atom is -0.496 e. The number of carbonyl (C=O) groups excluding carboxylic acids is 2. The minimum atomic E-state index is -0.367. The van der Waals surface area contributed by atoms with Gasteiger partial charge in [-0.15, -0.1) is 0 Å². The number of nitrogens with zero attached hydrogens (tertiary/aromatic N) is 1. The molecule has 2 rings (SSSR count). The highest BCUT2D eigenvalue weighted by Gasteiger charge is 2.03. The lowest BCUT2D eigenvalue weighted by Gasteiger charge is -2.07. The number of nitriles is 1. The van der Waals surface area contributed by atoms with Crippen LogP contribution in [0.5, 0.6) is 5.75 Å². The summed E-state index contributed by atoms with van der Waals surface area (Å²) in [5.74, 6) is 0.0839. The number of ether oxygens (including phenoxy) is 1. The van der Waals surface area contributed by atoms with Crippen LogP contribution in [0.3, 0.4) is 0 Å². The van der Waals surface area contributed by atoms with Gasteiger partial charge in [-0.25, -0.2) is 0 Å². The zero-order valence-electron chi connectivity index (χ0n) is 14.4. The number of para-hydroxylation sites is 1. The SMILES string of the molecule is COc1ccccc1/C=C/C(=O)NCc1cccc(NC(=O)CC#N)c1. The summed E-state index contributed by atoms with van der Waals surface area (Å²) >= 11 is 0. The molecule has 0 aliphatic carbocycles. The molecule has 0 bridgehead atoms. The van der Waals surface area contributed by atoms with Crippen molar-refractivity contribution in [3.8, 4) is 11.8 Å². The smallest absolute Gasteiger partial charge is 0.244 e.